The number of ketones is 1. The minimum atomic E-state index is -1.01. The van der Waals surface area contributed by atoms with Crippen LogP contribution in [-0.4, -0.2) is 41.1 Å². The highest BCUT2D eigenvalue weighted by molar-refractivity contribution is 6.17. The van der Waals surface area contributed by atoms with Crippen LogP contribution < -0.4 is 5.32 Å². The van der Waals surface area contributed by atoms with Crippen LogP contribution in [0.2, 0.25) is 0 Å². The molecule has 1 N–H and O–H groups in total. The first-order valence-corrected chi connectivity index (χ1v) is 4.37. The highest BCUT2D eigenvalue weighted by Crippen LogP contribution is 2.24. The van der Waals surface area contributed by atoms with Crippen LogP contribution in [0.4, 0.5) is 0 Å². The van der Waals surface area contributed by atoms with E-state index in [1.165, 1.54) is 11.8 Å². The molecule has 78 valence electrons. The Balaban J connectivity index is 2.96. The molecule has 1 fully saturated rings. The zero-order valence-corrected chi connectivity index (χ0v) is 8.75. The molecule has 0 spiro atoms. The van der Waals surface area contributed by atoms with E-state index in [2.05, 4.69) is 5.32 Å². The molecule has 0 saturated carbocycles. The average molecular weight is 198 g/mol. The van der Waals surface area contributed by atoms with Crippen molar-refractivity contribution in [3.8, 4) is 0 Å². The molecule has 0 radical (unpaired) electrons. The number of amides is 2. The van der Waals surface area contributed by atoms with Crippen molar-refractivity contribution in [3.05, 3.63) is 0 Å². The van der Waals surface area contributed by atoms with Crippen molar-refractivity contribution < 1.29 is 14.4 Å². The van der Waals surface area contributed by atoms with Crippen LogP contribution in [0.15, 0.2) is 0 Å². The summed E-state index contributed by atoms with van der Waals surface area (Å²) in [5.74, 6) is -0.988. The number of carbonyl (C=O) groups excluding carboxylic acids is 3. The summed E-state index contributed by atoms with van der Waals surface area (Å²) in [5.41, 5.74) is -0.829. The number of hydrogen-bond acceptors (Lipinski definition) is 3. The van der Waals surface area contributed by atoms with Crippen LogP contribution in [0, 0.1) is 0 Å². The topological polar surface area (TPSA) is 66.5 Å². The molecule has 1 heterocycles. The maximum absolute atomic E-state index is 11.7. The fourth-order valence-corrected chi connectivity index (χ4v) is 1.43. The van der Waals surface area contributed by atoms with Gasteiger partial charge >= 0.3 is 0 Å². The van der Waals surface area contributed by atoms with Gasteiger partial charge in [0.1, 0.15) is 0 Å². The van der Waals surface area contributed by atoms with E-state index in [9.17, 15) is 14.4 Å². The van der Waals surface area contributed by atoms with Crippen molar-refractivity contribution in [2.75, 3.05) is 7.05 Å². The van der Waals surface area contributed by atoms with Crippen molar-refractivity contribution in [2.45, 2.75) is 32.4 Å². The molecule has 0 aromatic heterocycles. The molecule has 0 aromatic rings. The first-order valence-electron chi connectivity index (χ1n) is 4.37. The lowest BCUT2D eigenvalue weighted by Gasteiger charge is -2.24. The van der Waals surface area contributed by atoms with Gasteiger partial charge in [-0.3, -0.25) is 14.4 Å². The van der Waals surface area contributed by atoms with Gasteiger partial charge in [0, 0.05) is 14.0 Å². The first-order chi connectivity index (χ1) is 6.28. The number of hydrogen-bond donors (Lipinski definition) is 1. The third-order valence-electron chi connectivity index (χ3n) is 2.63. The smallest absolute Gasteiger partial charge is 0.253 e. The van der Waals surface area contributed by atoms with Gasteiger partial charge < -0.3 is 10.2 Å². The summed E-state index contributed by atoms with van der Waals surface area (Å²) in [6, 6.07) is -1.01. The number of likely N-dealkylation sites (tertiary alicyclic amines) is 1. The maximum atomic E-state index is 11.7. The Bertz CT molecular complexity index is 309. The molecule has 1 saturated heterocycles. The van der Waals surface area contributed by atoms with Crippen LogP contribution in [0.25, 0.3) is 0 Å². The summed E-state index contributed by atoms with van der Waals surface area (Å²) in [6.45, 7) is 4.61. The fraction of sp³-hybridized carbons (Fsp3) is 0.667. The van der Waals surface area contributed by atoms with Gasteiger partial charge in [0.15, 0.2) is 11.8 Å². The lowest BCUT2D eigenvalue weighted by molar-refractivity contribution is -0.133. The summed E-state index contributed by atoms with van der Waals surface area (Å²) in [4.78, 5) is 35.4. The number of nitrogens with one attached hydrogen (secondary N) is 1. The van der Waals surface area contributed by atoms with Crippen molar-refractivity contribution in [1.82, 2.24) is 10.2 Å². The van der Waals surface area contributed by atoms with Crippen LogP contribution in [0.1, 0.15) is 20.8 Å². The molecule has 1 rings (SSSR count). The van der Waals surface area contributed by atoms with Gasteiger partial charge in [-0.25, -0.2) is 0 Å². The first kappa shape index (κ1) is 10.7. The molecule has 0 aliphatic carbocycles. The van der Waals surface area contributed by atoms with Crippen molar-refractivity contribution in [2.24, 2.45) is 0 Å². The fourth-order valence-electron chi connectivity index (χ4n) is 1.43. The minimum absolute atomic E-state index is 0.264. The lowest BCUT2D eigenvalue weighted by Crippen LogP contribution is -2.44. The molecule has 5 heteroatoms. The van der Waals surface area contributed by atoms with E-state index < -0.39 is 11.6 Å². The predicted molar refractivity (Wildman–Crippen MR) is 49.5 cm³/mol. The summed E-state index contributed by atoms with van der Waals surface area (Å²) >= 11 is 0. The molecule has 0 bridgehead atoms. The number of carbonyl (C=O) groups is 3. The van der Waals surface area contributed by atoms with Crippen LogP contribution in [0.5, 0.6) is 0 Å². The number of nitrogens with zero attached hydrogens (tertiary/aromatic N) is 1. The van der Waals surface area contributed by atoms with E-state index in [1.807, 2.05) is 0 Å². The van der Waals surface area contributed by atoms with Crippen LogP contribution in [-0.2, 0) is 14.4 Å². The van der Waals surface area contributed by atoms with Gasteiger partial charge in [0.05, 0.1) is 5.54 Å². The molecule has 1 atom stereocenters. The molecule has 1 aliphatic rings. The molecule has 0 aromatic carbocycles. The Morgan fingerprint density at radius 1 is 1.43 bits per heavy atom. The Morgan fingerprint density at radius 3 is 2.21 bits per heavy atom. The standard InChI is InChI=1S/C9H14N2O3/c1-5(12)10-6-7(13)9(2,3)11(4)8(6)14/h6H,1-4H3,(H,10,12). The second kappa shape index (κ2) is 3.08. The summed E-state index contributed by atoms with van der Waals surface area (Å²) in [5, 5.41) is 2.35. The lowest BCUT2D eigenvalue weighted by atomic mass is 9.99. The largest absolute Gasteiger partial charge is 0.338 e. The van der Waals surface area contributed by atoms with Crippen molar-refractivity contribution in [1.29, 1.82) is 0 Å². The highest BCUT2D eigenvalue weighted by atomic mass is 16.2. The molecule has 1 unspecified atom stereocenters. The highest BCUT2D eigenvalue weighted by Gasteiger charge is 2.51. The zero-order valence-electron chi connectivity index (χ0n) is 8.75. The summed E-state index contributed by atoms with van der Waals surface area (Å²) in [6.07, 6.45) is 0. The van der Waals surface area contributed by atoms with E-state index in [-0.39, 0.29) is 17.6 Å². The Labute approximate surface area is 82.4 Å². The van der Waals surface area contributed by atoms with Crippen LogP contribution in [0.3, 0.4) is 0 Å². The quantitative estimate of drug-likeness (QED) is 0.567. The normalized spacial score (nSPS) is 25.4. The molecule has 1 aliphatic heterocycles. The molecule has 2 amide bonds. The zero-order chi connectivity index (χ0) is 11.1. The van der Waals surface area contributed by atoms with E-state index in [0.717, 1.165) is 0 Å². The third-order valence-corrected chi connectivity index (χ3v) is 2.63. The number of likely N-dealkylation sites (N-methyl/N-ethyl adjacent to an activating group) is 1. The van der Waals surface area contributed by atoms with Crippen molar-refractivity contribution in [3.63, 3.8) is 0 Å². The second-order valence-corrected chi connectivity index (χ2v) is 3.95. The summed E-state index contributed by atoms with van der Waals surface area (Å²) in [7, 11) is 1.56. The molecular formula is C9H14N2O3. The van der Waals surface area contributed by atoms with Gasteiger partial charge in [-0.2, -0.15) is 0 Å². The van der Waals surface area contributed by atoms with E-state index in [0.29, 0.717) is 0 Å². The van der Waals surface area contributed by atoms with Gasteiger partial charge in [0.2, 0.25) is 5.91 Å². The molecular weight excluding hydrogens is 184 g/mol. The second-order valence-electron chi connectivity index (χ2n) is 3.95. The number of Topliss-reactive ketones (excluding diaryl/α,β-unsaturated/α-hetero) is 1. The van der Waals surface area contributed by atoms with Crippen LogP contribution >= 0.6 is 0 Å². The average Bonchev–Trinajstić information content (AvgIpc) is 2.20. The minimum Gasteiger partial charge on any atom is -0.338 e. The van der Waals surface area contributed by atoms with Gasteiger partial charge in [-0.1, -0.05) is 0 Å². The molecule has 14 heavy (non-hydrogen) atoms. The van der Waals surface area contributed by atoms with E-state index >= 15 is 0 Å². The number of rotatable bonds is 1. The SMILES string of the molecule is CC(=O)NC1C(=O)N(C)C(C)(C)C1=O. The molecule has 5 nitrogen and oxygen atoms in total. The van der Waals surface area contributed by atoms with Crippen molar-refractivity contribution >= 4 is 17.6 Å². The van der Waals surface area contributed by atoms with Gasteiger partial charge in [0.25, 0.3) is 5.91 Å². The Kier molecular flexibility index (Phi) is 2.35. The van der Waals surface area contributed by atoms with Gasteiger partial charge in [-0.15, -0.1) is 0 Å². The van der Waals surface area contributed by atoms with E-state index in [1.54, 1.807) is 20.9 Å². The Morgan fingerprint density at radius 2 is 1.93 bits per heavy atom. The summed E-state index contributed by atoms with van der Waals surface area (Å²) < 4.78 is 0. The maximum Gasteiger partial charge on any atom is 0.253 e. The predicted octanol–water partition coefficient (Wildman–Crippen LogP) is -0.689. The Hall–Kier alpha value is -1.39. The van der Waals surface area contributed by atoms with E-state index in [4.69, 9.17) is 0 Å². The van der Waals surface area contributed by atoms with Gasteiger partial charge in [-0.05, 0) is 13.8 Å². The monoisotopic (exact) mass is 198 g/mol. The third kappa shape index (κ3) is 1.38.